The molecule has 0 spiro atoms. The number of halogens is 4. The number of esters is 1. The molecule has 0 heterocycles. The summed E-state index contributed by atoms with van der Waals surface area (Å²) in [5, 5.41) is 0. The Hall–Kier alpha value is -1.37. The van der Waals surface area contributed by atoms with Crippen LogP contribution in [0.2, 0.25) is 0 Å². The first-order valence-corrected chi connectivity index (χ1v) is 6.21. The van der Waals surface area contributed by atoms with Crippen LogP contribution in [-0.4, -0.2) is 23.2 Å². The lowest BCUT2D eigenvalue weighted by molar-refractivity contribution is -0.141. The quantitative estimate of drug-likeness (QED) is 0.366. The van der Waals surface area contributed by atoms with E-state index in [1.807, 2.05) is 0 Å². The van der Waals surface area contributed by atoms with Crippen LogP contribution in [-0.2, 0) is 15.7 Å². The van der Waals surface area contributed by atoms with E-state index in [2.05, 4.69) is 20.7 Å². The van der Waals surface area contributed by atoms with Gasteiger partial charge in [0.1, 0.15) is 0 Å². The van der Waals surface area contributed by atoms with E-state index in [0.717, 1.165) is 24.3 Å². The van der Waals surface area contributed by atoms with Gasteiger partial charge in [-0.05, 0) is 19.1 Å². The molecule has 0 unspecified atom stereocenters. The Bertz CT molecular complexity index is 468. The molecular formula is C12H10BrF3O3. The fraction of sp³-hybridized carbons (Fsp3) is 0.333. The Morgan fingerprint density at radius 1 is 1.26 bits per heavy atom. The Morgan fingerprint density at radius 3 is 2.21 bits per heavy atom. The molecule has 1 atom stereocenters. The minimum Gasteiger partial charge on any atom is -0.465 e. The molecule has 0 aliphatic carbocycles. The number of alkyl halides is 4. The van der Waals surface area contributed by atoms with E-state index >= 15 is 0 Å². The lowest BCUT2D eigenvalue weighted by atomic mass is 10.1. The number of carbonyl (C=O) groups is 2. The third-order valence-electron chi connectivity index (χ3n) is 2.22. The summed E-state index contributed by atoms with van der Waals surface area (Å²) in [7, 11) is 0. The van der Waals surface area contributed by atoms with Crippen molar-refractivity contribution in [2.45, 2.75) is 17.9 Å². The highest BCUT2D eigenvalue weighted by atomic mass is 79.9. The van der Waals surface area contributed by atoms with Gasteiger partial charge in [-0.1, -0.05) is 28.1 Å². The Morgan fingerprint density at radius 2 is 1.79 bits per heavy atom. The number of Topliss-reactive ketones (excluding diaryl/α,β-unsaturated/α-hetero) is 1. The molecule has 0 saturated heterocycles. The first-order chi connectivity index (χ1) is 8.77. The van der Waals surface area contributed by atoms with Crippen LogP contribution < -0.4 is 0 Å². The number of rotatable bonds is 4. The predicted molar refractivity (Wildman–Crippen MR) is 65.1 cm³/mol. The van der Waals surface area contributed by atoms with Crippen LogP contribution in [0.3, 0.4) is 0 Å². The van der Waals surface area contributed by atoms with E-state index in [4.69, 9.17) is 0 Å². The van der Waals surface area contributed by atoms with Gasteiger partial charge in [0.05, 0.1) is 12.2 Å². The molecule has 104 valence electrons. The van der Waals surface area contributed by atoms with E-state index in [9.17, 15) is 22.8 Å². The molecule has 0 aliphatic heterocycles. The van der Waals surface area contributed by atoms with Crippen molar-refractivity contribution >= 4 is 27.7 Å². The van der Waals surface area contributed by atoms with Gasteiger partial charge < -0.3 is 4.74 Å². The maximum atomic E-state index is 12.3. The average Bonchev–Trinajstić information content (AvgIpc) is 2.36. The van der Waals surface area contributed by atoms with Crippen molar-refractivity contribution in [1.29, 1.82) is 0 Å². The maximum Gasteiger partial charge on any atom is 0.416 e. The van der Waals surface area contributed by atoms with Gasteiger partial charge in [0.15, 0.2) is 10.6 Å². The van der Waals surface area contributed by atoms with Crippen LogP contribution in [0.25, 0.3) is 0 Å². The van der Waals surface area contributed by atoms with Gasteiger partial charge in [-0.25, -0.2) is 0 Å². The molecule has 0 fully saturated rings. The van der Waals surface area contributed by atoms with Crippen molar-refractivity contribution in [2.24, 2.45) is 0 Å². The van der Waals surface area contributed by atoms with Crippen LogP contribution >= 0.6 is 15.9 Å². The number of ketones is 1. The summed E-state index contributed by atoms with van der Waals surface area (Å²) in [5.74, 6) is -1.42. The standard InChI is InChI=1S/C12H10BrF3O3/c1-2-19-11(18)9(13)10(17)7-3-5-8(6-4-7)12(14,15)16/h3-6,9H,2H2,1H3/t9-/m0/s1. The zero-order chi connectivity index (χ0) is 14.6. The normalized spacial score (nSPS) is 12.9. The molecule has 0 bridgehead atoms. The molecule has 0 aromatic heterocycles. The van der Waals surface area contributed by atoms with Crippen molar-refractivity contribution in [3.63, 3.8) is 0 Å². The molecule has 1 aromatic rings. The highest BCUT2D eigenvalue weighted by molar-refractivity contribution is 9.10. The van der Waals surface area contributed by atoms with Crippen molar-refractivity contribution in [1.82, 2.24) is 0 Å². The first-order valence-electron chi connectivity index (χ1n) is 5.29. The number of hydrogen-bond acceptors (Lipinski definition) is 3. The van der Waals surface area contributed by atoms with Gasteiger partial charge in [-0.15, -0.1) is 0 Å². The summed E-state index contributed by atoms with van der Waals surface area (Å²) in [5.41, 5.74) is -0.853. The smallest absolute Gasteiger partial charge is 0.416 e. The van der Waals surface area contributed by atoms with E-state index in [1.165, 1.54) is 0 Å². The lowest BCUT2D eigenvalue weighted by Gasteiger charge is -2.10. The predicted octanol–water partition coefficient (Wildman–Crippen LogP) is 3.21. The van der Waals surface area contributed by atoms with E-state index in [1.54, 1.807) is 6.92 Å². The molecule has 0 aliphatic rings. The molecule has 19 heavy (non-hydrogen) atoms. The van der Waals surface area contributed by atoms with Gasteiger partial charge in [-0.2, -0.15) is 13.2 Å². The second-order valence-corrected chi connectivity index (χ2v) is 4.47. The number of carbonyl (C=O) groups excluding carboxylic acids is 2. The maximum absolute atomic E-state index is 12.3. The van der Waals surface area contributed by atoms with Crippen LogP contribution in [0.4, 0.5) is 13.2 Å². The zero-order valence-electron chi connectivity index (χ0n) is 9.83. The monoisotopic (exact) mass is 338 g/mol. The highest BCUT2D eigenvalue weighted by Gasteiger charge is 2.31. The van der Waals surface area contributed by atoms with Gasteiger partial charge >= 0.3 is 12.1 Å². The molecule has 1 aromatic carbocycles. The van der Waals surface area contributed by atoms with Crippen molar-refractivity contribution in [3.05, 3.63) is 35.4 Å². The summed E-state index contributed by atoms with van der Waals surface area (Å²) in [4.78, 5) is 21.9. The Labute approximate surface area is 115 Å². The van der Waals surface area contributed by atoms with Gasteiger partial charge in [0.2, 0.25) is 0 Å². The Balaban J connectivity index is 2.87. The topological polar surface area (TPSA) is 43.4 Å². The van der Waals surface area contributed by atoms with Gasteiger partial charge in [-0.3, -0.25) is 9.59 Å². The molecule has 1 rings (SSSR count). The zero-order valence-corrected chi connectivity index (χ0v) is 11.4. The molecule has 0 saturated carbocycles. The second-order valence-electron chi connectivity index (χ2n) is 3.55. The van der Waals surface area contributed by atoms with Crippen LogP contribution in [0.1, 0.15) is 22.8 Å². The minimum atomic E-state index is -4.46. The lowest BCUT2D eigenvalue weighted by Crippen LogP contribution is -2.26. The molecule has 0 radical (unpaired) electrons. The molecule has 7 heteroatoms. The number of ether oxygens (including phenoxy) is 1. The SMILES string of the molecule is CCOC(=O)[C@@H](Br)C(=O)c1ccc(C(F)(F)F)cc1. The van der Waals surface area contributed by atoms with Crippen LogP contribution in [0, 0.1) is 0 Å². The van der Waals surface area contributed by atoms with Gasteiger partial charge in [0, 0.05) is 5.56 Å². The number of hydrogen-bond donors (Lipinski definition) is 0. The van der Waals surface area contributed by atoms with E-state index < -0.39 is 28.3 Å². The summed E-state index contributed by atoms with van der Waals surface area (Å²) in [6, 6.07) is 3.63. The summed E-state index contributed by atoms with van der Waals surface area (Å²) in [6.07, 6.45) is -4.46. The second kappa shape index (κ2) is 6.18. The fourth-order valence-corrected chi connectivity index (χ4v) is 1.69. The van der Waals surface area contributed by atoms with Crippen molar-refractivity contribution in [3.8, 4) is 0 Å². The summed E-state index contributed by atoms with van der Waals surface area (Å²) >= 11 is 2.86. The van der Waals surface area contributed by atoms with E-state index in [0.29, 0.717) is 0 Å². The summed E-state index contributed by atoms with van der Waals surface area (Å²) in [6.45, 7) is 1.70. The summed E-state index contributed by atoms with van der Waals surface area (Å²) < 4.78 is 41.7. The first kappa shape index (κ1) is 15.7. The van der Waals surface area contributed by atoms with Crippen molar-refractivity contribution in [2.75, 3.05) is 6.61 Å². The highest BCUT2D eigenvalue weighted by Crippen LogP contribution is 2.29. The third-order valence-corrected chi connectivity index (χ3v) is 3.01. The minimum absolute atomic E-state index is 0.00271. The fourth-order valence-electron chi connectivity index (χ4n) is 1.29. The third kappa shape index (κ3) is 4.05. The molecule has 3 nitrogen and oxygen atoms in total. The molecule has 0 amide bonds. The largest absolute Gasteiger partial charge is 0.465 e. The van der Waals surface area contributed by atoms with E-state index in [-0.39, 0.29) is 12.2 Å². The molecule has 0 N–H and O–H groups in total. The average molecular weight is 339 g/mol. The molecular weight excluding hydrogens is 329 g/mol. The number of benzene rings is 1. The van der Waals surface area contributed by atoms with Gasteiger partial charge in [0.25, 0.3) is 0 Å². The Kier molecular flexibility index (Phi) is 5.11. The van der Waals surface area contributed by atoms with Crippen LogP contribution in [0.15, 0.2) is 24.3 Å². The van der Waals surface area contributed by atoms with Crippen LogP contribution in [0.5, 0.6) is 0 Å². The van der Waals surface area contributed by atoms with Crippen molar-refractivity contribution < 1.29 is 27.5 Å².